The lowest BCUT2D eigenvalue weighted by molar-refractivity contribution is 0.0980. The summed E-state index contributed by atoms with van der Waals surface area (Å²) in [6.45, 7) is 7.19. The second kappa shape index (κ2) is 8.84. The molecule has 2 N–H and O–H groups in total. The number of morpholine rings is 1. The Labute approximate surface area is 177 Å². The van der Waals surface area contributed by atoms with Crippen LogP contribution in [-0.2, 0) is 4.74 Å². The average molecular weight is 404 g/mol. The van der Waals surface area contributed by atoms with Crippen LogP contribution in [0.2, 0.25) is 0 Å². The molecule has 1 aromatic heterocycles. The number of ketones is 1. The minimum absolute atomic E-state index is 0.208. The van der Waals surface area contributed by atoms with Crippen LogP contribution in [0.25, 0.3) is 22.0 Å². The van der Waals surface area contributed by atoms with Crippen LogP contribution >= 0.6 is 0 Å². The van der Waals surface area contributed by atoms with Gasteiger partial charge in [-0.05, 0) is 48.2 Å². The number of fused-ring (bicyclic) bond motifs is 1. The maximum atomic E-state index is 12.9. The number of aryl methyl sites for hydroxylation is 1. The number of benzene rings is 2. The Morgan fingerprint density at radius 3 is 2.73 bits per heavy atom. The predicted octanol–water partition coefficient (Wildman–Crippen LogP) is 5.00. The maximum absolute atomic E-state index is 12.9. The van der Waals surface area contributed by atoms with Crippen LogP contribution in [0, 0.1) is 6.92 Å². The lowest BCUT2D eigenvalue weighted by atomic mass is 9.90. The molecule has 1 saturated heterocycles. The molecule has 0 amide bonds. The fraction of sp³-hybridized carbons (Fsp3) is 0.360. The molecule has 1 fully saturated rings. The standard InChI is InChI=1S/C25H29N3O2/c1-3-4-8-23(29)20-7-5-6-17(2)24(20)18-9-10-21-19(15-18)16-22(25(26)27-21)28-11-13-30-14-12-28/h5-7,9-10,15-16H,3-4,8,11-14H2,1-2H3,(H2,26,27). The van der Waals surface area contributed by atoms with Crippen molar-refractivity contribution >= 4 is 28.2 Å². The number of carbonyl (C=O) groups is 1. The number of hydrogen-bond donors (Lipinski definition) is 1. The lowest BCUT2D eigenvalue weighted by Crippen LogP contribution is -2.36. The van der Waals surface area contributed by atoms with Crippen molar-refractivity contribution in [2.75, 3.05) is 36.9 Å². The van der Waals surface area contributed by atoms with E-state index in [1.54, 1.807) is 0 Å². The summed E-state index contributed by atoms with van der Waals surface area (Å²) in [6.07, 6.45) is 2.51. The molecule has 0 saturated carbocycles. The van der Waals surface area contributed by atoms with Gasteiger partial charge in [0.15, 0.2) is 5.78 Å². The number of anilines is 2. The van der Waals surface area contributed by atoms with Gasteiger partial charge in [0.1, 0.15) is 5.82 Å². The first-order valence-corrected chi connectivity index (χ1v) is 10.7. The highest BCUT2D eigenvalue weighted by molar-refractivity contribution is 6.04. The van der Waals surface area contributed by atoms with E-state index in [1.807, 2.05) is 24.3 Å². The predicted molar refractivity (Wildman–Crippen MR) is 123 cm³/mol. The third-order valence-electron chi connectivity index (χ3n) is 5.79. The molecule has 2 aromatic carbocycles. The van der Waals surface area contributed by atoms with Crippen LogP contribution in [0.4, 0.5) is 11.5 Å². The van der Waals surface area contributed by atoms with E-state index in [1.165, 1.54) is 0 Å². The highest BCUT2D eigenvalue weighted by Crippen LogP contribution is 2.33. The van der Waals surface area contributed by atoms with Crippen LogP contribution in [0.3, 0.4) is 0 Å². The van der Waals surface area contributed by atoms with Gasteiger partial charge in [-0.15, -0.1) is 0 Å². The second-order valence-corrected chi connectivity index (χ2v) is 7.92. The first kappa shape index (κ1) is 20.4. The van der Waals surface area contributed by atoms with Gasteiger partial charge in [-0.3, -0.25) is 4.79 Å². The van der Waals surface area contributed by atoms with Gasteiger partial charge < -0.3 is 15.4 Å². The number of Topliss-reactive ketones (excluding diaryl/α,β-unsaturated/α-hetero) is 1. The fourth-order valence-electron chi connectivity index (χ4n) is 4.15. The summed E-state index contributed by atoms with van der Waals surface area (Å²) in [5.74, 6) is 0.753. The van der Waals surface area contributed by atoms with Gasteiger partial charge in [0, 0.05) is 30.5 Å². The van der Waals surface area contributed by atoms with Gasteiger partial charge in [-0.25, -0.2) is 4.98 Å². The largest absolute Gasteiger partial charge is 0.382 e. The molecule has 5 nitrogen and oxygen atoms in total. The molecule has 0 unspecified atom stereocenters. The Morgan fingerprint density at radius 2 is 1.97 bits per heavy atom. The molecule has 3 aromatic rings. The van der Waals surface area contributed by atoms with Crippen molar-refractivity contribution in [3.8, 4) is 11.1 Å². The Balaban J connectivity index is 1.78. The van der Waals surface area contributed by atoms with Gasteiger partial charge in [0.05, 0.1) is 24.4 Å². The molecular weight excluding hydrogens is 374 g/mol. The Morgan fingerprint density at radius 1 is 1.17 bits per heavy atom. The van der Waals surface area contributed by atoms with Gasteiger partial charge in [0.25, 0.3) is 0 Å². The Kier molecular flexibility index (Phi) is 6.00. The van der Waals surface area contributed by atoms with E-state index in [0.29, 0.717) is 25.5 Å². The van der Waals surface area contributed by atoms with Crippen molar-refractivity contribution in [1.82, 2.24) is 4.98 Å². The number of nitrogens with two attached hydrogens (primary N) is 1. The zero-order chi connectivity index (χ0) is 21.1. The summed E-state index contributed by atoms with van der Waals surface area (Å²) in [5.41, 5.74) is 12.0. The van der Waals surface area contributed by atoms with E-state index >= 15 is 0 Å². The molecular formula is C25H29N3O2. The molecule has 156 valence electrons. The number of ether oxygens (including phenoxy) is 1. The third kappa shape index (κ3) is 4.03. The van der Waals surface area contributed by atoms with Crippen LogP contribution < -0.4 is 10.6 Å². The van der Waals surface area contributed by atoms with E-state index in [0.717, 1.165) is 64.8 Å². The van der Waals surface area contributed by atoms with Crippen molar-refractivity contribution in [2.24, 2.45) is 0 Å². The highest BCUT2D eigenvalue weighted by atomic mass is 16.5. The molecule has 1 aliphatic heterocycles. The number of rotatable bonds is 6. The fourth-order valence-corrected chi connectivity index (χ4v) is 4.15. The molecule has 0 radical (unpaired) electrons. The Bertz CT molecular complexity index is 1070. The summed E-state index contributed by atoms with van der Waals surface area (Å²) in [5, 5.41) is 1.03. The van der Waals surface area contributed by atoms with Crippen molar-refractivity contribution in [3.63, 3.8) is 0 Å². The van der Waals surface area contributed by atoms with Crippen LogP contribution in [0.15, 0.2) is 42.5 Å². The van der Waals surface area contributed by atoms with Crippen LogP contribution in [0.5, 0.6) is 0 Å². The normalized spacial score (nSPS) is 14.3. The van der Waals surface area contributed by atoms with Crippen LogP contribution in [0.1, 0.15) is 42.1 Å². The minimum Gasteiger partial charge on any atom is -0.382 e. The SMILES string of the molecule is CCCCC(=O)c1cccc(C)c1-c1ccc2nc(N)c(N3CCOCC3)cc2c1. The number of nitrogen functional groups attached to an aromatic ring is 1. The van der Waals surface area contributed by atoms with Crippen LogP contribution in [-0.4, -0.2) is 37.1 Å². The van der Waals surface area contributed by atoms with E-state index in [-0.39, 0.29) is 5.78 Å². The zero-order valence-electron chi connectivity index (χ0n) is 17.8. The van der Waals surface area contributed by atoms with Crippen molar-refractivity contribution in [3.05, 3.63) is 53.6 Å². The third-order valence-corrected chi connectivity index (χ3v) is 5.79. The first-order valence-electron chi connectivity index (χ1n) is 10.7. The summed E-state index contributed by atoms with van der Waals surface area (Å²) in [7, 11) is 0. The van der Waals surface area contributed by atoms with Crippen molar-refractivity contribution < 1.29 is 9.53 Å². The Hall–Kier alpha value is -2.92. The van der Waals surface area contributed by atoms with Gasteiger partial charge in [-0.2, -0.15) is 0 Å². The number of pyridine rings is 1. The first-order chi connectivity index (χ1) is 14.6. The van der Waals surface area contributed by atoms with Gasteiger partial charge >= 0.3 is 0 Å². The molecule has 2 heterocycles. The van der Waals surface area contributed by atoms with E-state index in [4.69, 9.17) is 10.5 Å². The van der Waals surface area contributed by atoms with Gasteiger partial charge in [-0.1, -0.05) is 37.6 Å². The quantitative estimate of drug-likeness (QED) is 0.587. The summed E-state index contributed by atoms with van der Waals surface area (Å²) >= 11 is 0. The van der Waals surface area contributed by atoms with E-state index in [2.05, 4.69) is 41.9 Å². The molecule has 30 heavy (non-hydrogen) atoms. The summed E-state index contributed by atoms with van der Waals surface area (Å²) in [4.78, 5) is 19.7. The number of unbranched alkanes of at least 4 members (excludes halogenated alkanes) is 1. The molecule has 0 spiro atoms. The monoisotopic (exact) mass is 403 g/mol. The molecule has 0 bridgehead atoms. The van der Waals surface area contributed by atoms with Crippen molar-refractivity contribution in [1.29, 1.82) is 0 Å². The number of carbonyl (C=O) groups excluding carboxylic acids is 1. The van der Waals surface area contributed by atoms with Gasteiger partial charge in [0.2, 0.25) is 0 Å². The number of nitrogens with zero attached hydrogens (tertiary/aromatic N) is 2. The lowest BCUT2D eigenvalue weighted by Gasteiger charge is -2.29. The minimum atomic E-state index is 0.208. The van der Waals surface area contributed by atoms with E-state index in [9.17, 15) is 4.79 Å². The molecule has 5 heteroatoms. The summed E-state index contributed by atoms with van der Waals surface area (Å²) in [6, 6.07) is 14.3. The molecule has 4 rings (SSSR count). The number of aromatic nitrogens is 1. The molecule has 1 aliphatic rings. The highest BCUT2D eigenvalue weighted by Gasteiger charge is 2.18. The topological polar surface area (TPSA) is 68.5 Å². The number of hydrogen-bond acceptors (Lipinski definition) is 5. The molecule has 0 aliphatic carbocycles. The summed E-state index contributed by atoms with van der Waals surface area (Å²) < 4.78 is 5.47. The smallest absolute Gasteiger partial charge is 0.163 e. The second-order valence-electron chi connectivity index (χ2n) is 7.92. The zero-order valence-corrected chi connectivity index (χ0v) is 17.8. The maximum Gasteiger partial charge on any atom is 0.163 e. The van der Waals surface area contributed by atoms with E-state index < -0.39 is 0 Å². The average Bonchev–Trinajstić information content (AvgIpc) is 2.77. The van der Waals surface area contributed by atoms with Crippen molar-refractivity contribution in [2.45, 2.75) is 33.1 Å². The molecule has 0 atom stereocenters.